The van der Waals surface area contributed by atoms with Crippen molar-refractivity contribution >= 4 is 15.6 Å². The molecule has 104 valence electrons. The lowest BCUT2D eigenvalue weighted by Crippen LogP contribution is -2.33. The second-order valence-corrected chi connectivity index (χ2v) is 6.31. The zero-order valence-corrected chi connectivity index (χ0v) is 11.6. The van der Waals surface area contributed by atoms with Crippen molar-refractivity contribution in [2.75, 3.05) is 6.54 Å². The van der Waals surface area contributed by atoms with E-state index >= 15 is 0 Å². The molecule has 0 aromatic rings. The van der Waals surface area contributed by atoms with Gasteiger partial charge in [0, 0.05) is 0 Å². The lowest BCUT2D eigenvalue weighted by atomic mass is 9.94. The molecule has 0 fully saturated rings. The summed E-state index contributed by atoms with van der Waals surface area (Å²) < 4.78 is 30.5. The number of hydrogen-bond acceptors (Lipinski definition) is 5. The first kappa shape index (κ1) is 17.2. The summed E-state index contributed by atoms with van der Waals surface area (Å²) >= 11 is 0. The fourth-order valence-corrected chi connectivity index (χ4v) is 3.48. The molecule has 0 rings (SSSR count). The quantitative estimate of drug-likeness (QED) is 0.488. The number of rotatable bonds is 8. The van der Waals surface area contributed by atoms with E-state index in [1.807, 2.05) is 0 Å². The molecule has 0 bridgehead atoms. The van der Waals surface area contributed by atoms with Crippen molar-refractivity contribution < 1.29 is 32.6 Å². The molecule has 0 heterocycles. The van der Waals surface area contributed by atoms with E-state index in [4.69, 9.17) is 20.0 Å². The minimum Gasteiger partial charge on any atom is -0.330 e. The number of nitrogens with two attached hydrogens (primary N) is 1. The molecule has 0 saturated heterocycles. The van der Waals surface area contributed by atoms with Crippen LogP contribution in [0.25, 0.3) is 0 Å². The van der Waals surface area contributed by atoms with Crippen LogP contribution >= 0.6 is 15.6 Å². The first-order chi connectivity index (χ1) is 7.60. The van der Waals surface area contributed by atoms with Crippen molar-refractivity contribution in [3.8, 4) is 0 Å². The number of phosphoric ester groups is 1. The summed E-state index contributed by atoms with van der Waals surface area (Å²) in [4.78, 5) is 26.2. The molecule has 0 aromatic heterocycles. The normalized spacial score (nSPS) is 16.8. The van der Waals surface area contributed by atoms with Gasteiger partial charge in [-0.3, -0.25) is 4.52 Å². The van der Waals surface area contributed by atoms with Gasteiger partial charge in [0.05, 0.1) is 5.60 Å². The summed E-state index contributed by atoms with van der Waals surface area (Å²) in [6.45, 7) is 3.66. The van der Waals surface area contributed by atoms with Crippen molar-refractivity contribution in [2.24, 2.45) is 5.73 Å². The molecule has 0 aromatic carbocycles. The third-order valence-corrected chi connectivity index (χ3v) is 4.70. The van der Waals surface area contributed by atoms with Crippen LogP contribution in [0.5, 0.6) is 0 Å². The van der Waals surface area contributed by atoms with Crippen LogP contribution in [0.15, 0.2) is 0 Å². The molecular weight excluding hydrogens is 272 g/mol. The van der Waals surface area contributed by atoms with Crippen LogP contribution in [0.1, 0.15) is 33.1 Å². The Morgan fingerprint density at radius 3 is 1.94 bits per heavy atom. The summed E-state index contributed by atoms with van der Waals surface area (Å²) in [5.74, 6) is 0. The third-order valence-electron chi connectivity index (χ3n) is 2.41. The Kier molecular flexibility index (Phi) is 6.49. The molecule has 0 saturated carbocycles. The molecular formula is C7H19NO7P2. The largest absolute Gasteiger partial charge is 0.481 e. The van der Waals surface area contributed by atoms with E-state index in [2.05, 4.69) is 4.31 Å². The second kappa shape index (κ2) is 6.41. The average molecular weight is 291 g/mol. The molecule has 0 amide bonds. The first-order valence-corrected chi connectivity index (χ1v) is 8.13. The van der Waals surface area contributed by atoms with Crippen molar-refractivity contribution in [3.05, 3.63) is 0 Å². The topological polar surface area (TPSA) is 139 Å². The molecule has 10 heteroatoms. The van der Waals surface area contributed by atoms with Gasteiger partial charge in [0.1, 0.15) is 0 Å². The number of hydrogen-bond donors (Lipinski definition) is 4. The molecule has 0 aliphatic carbocycles. The van der Waals surface area contributed by atoms with Crippen molar-refractivity contribution in [1.29, 1.82) is 0 Å². The van der Waals surface area contributed by atoms with Gasteiger partial charge < -0.3 is 20.4 Å². The lowest BCUT2D eigenvalue weighted by molar-refractivity contribution is 0.0213. The Morgan fingerprint density at radius 2 is 1.65 bits per heavy atom. The molecule has 1 atom stereocenters. The smallest absolute Gasteiger partial charge is 0.330 e. The molecule has 0 spiro atoms. The van der Waals surface area contributed by atoms with Crippen molar-refractivity contribution in [2.45, 2.75) is 38.7 Å². The standard InChI is InChI=1S/C7H19NO7P2/c1-3-7(4-2,5-6-8)14-17(12,13)15-16(9,10)11/h3-6,8H2,1-2H3,(H,12,13)(H2,9,10,11). The van der Waals surface area contributed by atoms with Crippen LogP contribution in [0.2, 0.25) is 0 Å². The summed E-state index contributed by atoms with van der Waals surface area (Å²) in [5.41, 5.74) is 4.35. The van der Waals surface area contributed by atoms with Crippen LogP contribution in [0.4, 0.5) is 0 Å². The van der Waals surface area contributed by atoms with Crippen LogP contribution in [-0.2, 0) is 18.0 Å². The highest BCUT2D eigenvalue weighted by atomic mass is 31.3. The average Bonchev–Trinajstić information content (AvgIpc) is 2.12. The van der Waals surface area contributed by atoms with E-state index in [0.29, 0.717) is 12.8 Å². The molecule has 0 aliphatic heterocycles. The van der Waals surface area contributed by atoms with E-state index in [9.17, 15) is 14.0 Å². The van der Waals surface area contributed by atoms with Gasteiger partial charge >= 0.3 is 15.6 Å². The minimum atomic E-state index is -5.08. The van der Waals surface area contributed by atoms with Gasteiger partial charge in [-0.1, -0.05) is 13.8 Å². The Hall–Kier alpha value is 0.220. The maximum Gasteiger partial charge on any atom is 0.481 e. The zero-order valence-electron chi connectivity index (χ0n) is 9.77. The first-order valence-electron chi connectivity index (χ1n) is 5.10. The molecule has 5 N–H and O–H groups in total. The fraction of sp³-hybridized carbons (Fsp3) is 1.00. The molecule has 17 heavy (non-hydrogen) atoms. The van der Waals surface area contributed by atoms with Gasteiger partial charge in [0.15, 0.2) is 0 Å². The van der Waals surface area contributed by atoms with Crippen LogP contribution in [0.3, 0.4) is 0 Å². The maximum absolute atomic E-state index is 11.4. The Bertz CT molecular complexity index is 324. The fourth-order valence-electron chi connectivity index (χ4n) is 1.44. The van der Waals surface area contributed by atoms with Gasteiger partial charge in [-0.05, 0) is 25.8 Å². The second-order valence-electron chi connectivity index (χ2n) is 3.56. The van der Waals surface area contributed by atoms with E-state index in [0.717, 1.165) is 0 Å². The Balaban J connectivity index is 4.86. The van der Waals surface area contributed by atoms with Crippen molar-refractivity contribution in [3.63, 3.8) is 0 Å². The molecule has 8 nitrogen and oxygen atoms in total. The summed E-state index contributed by atoms with van der Waals surface area (Å²) in [7, 11) is -9.90. The van der Waals surface area contributed by atoms with Crippen molar-refractivity contribution in [1.82, 2.24) is 0 Å². The van der Waals surface area contributed by atoms with E-state index in [-0.39, 0.29) is 13.0 Å². The minimum absolute atomic E-state index is 0.220. The molecule has 0 aliphatic rings. The van der Waals surface area contributed by atoms with E-state index in [1.165, 1.54) is 0 Å². The highest BCUT2D eigenvalue weighted by Gasteiger charge is 2.40. The SMILES string of the molecule is CCC(CC)(CCN)OP(=O)(O)OP(=O)(O)O. The Morgan fingerprint density at radius 1 is 1.18 bits per heavy atom. The predicted molar refractivity (Wildman–Crippen MR) is 61.0 cm³/mol. The number of phosphoric acid groups is 2. The Labute approximate surface area is 100.0 Å². The van der Waals surface area contributed by atoms with Gasteiger partial charge in [-0.2, -0.15) is 4.31 Å². The highest BCUT2D eigenvalue weighted by Crippen LogP contribution is 2.60. The summed E-state index contributed by atoms with van der Waals surface area (Å²) in [5, 5.41) is 0. The predicted octanol–water partition coefficient (Wildman–Crippen LogP) is 1.12. The van der Waals surface area contributed by atoms with Gasteiger partial charge in [-0.25, -0.2) is 9.13 Å². The summed E-state index contributed by atoms with van der Waals surface area (Å²) in [6, 6.07) is 0. The molecule has 0 radical (unpaired) electrons. The van der Waals surface area contributed by atoms with E-state index < -0.39 is 21.2 Å². The van der Waals surface area contributed by atoms with Gasteiger partial charge in [0.2, 0.25) is 0 Å². The zero-order chi connectivity index (χ0) is 13.7. The lowest BCUT2D eigenvalue weighted by Gasteiger charge is -2.32. The van der Waals surface area contributed by atoms with Crippen LogP contribution in [-0.4, -0.2) is 26.8 Å². The van der Waals surface area contributed by atoms with Crippen LogP contribution < -0.4 is 5.73 Å². The van der Waals surface area contributed by atoms with E-state index in [1.54, 1.807) is 13.8 Å². The summed E-state index contributed by atoms with van der Waals surface area (Å²) in [6.07, 6.45) is 1.03. The van der Waals surface area contributed by atoms with Crippen LogP contribution in [0, 0.1) is 0 Å². The monoisotopic (exact) mass is 291 g/mol. The molecule has 1 unspecified atom stereocenters. The van der Waals surface area contributed by atoms with Gasteiger partial charge in [-0.15, -0.1) is 0 Å². The maximum atomic E-state index is 11.4. The third kappa shape index (κ3) is 6.64. The highest BCUT2D eigenvalue weighted by molar-refractivity contribution is 7.60. The van der Waals surface area contributed by atoms with Gasteiger partial charge in [0.25, 0.3) is 0 Å².